The van der Waals surface area contributed by atoms with Gasteiger partial charge in [0, 0.05) is 14.6 Å². The summed E-state index contributed by atoms with van der Waals surface area (Å²) in [5, 5.41) is 0. The molecule has 0 unspecified atom stereocenters. The van der Waals surface area contributed by atoms with Crippen molar-refractivity contribution in [2.45, 2.75) is 11.8 Å². The fraction of sp³-hybridized carbons (Fsp3) is 0.0769. The van der Waals surface area contributed by atoms with E-state index in [1.165, 1.54) is 12.1 Å². The number of hydrogen-bond acceptors (Lipinski definition) is 3. The third-order valence-electron chi connectivity index (χ3n) is 2.65. The number of nitrogen functional groups attached to an aromatic ring is 1. The quantitative estimate of drug-likeness (QED) is 0.741. The minimum Gasteiger partial charge on any atom is -0.398 e. The number of halogens is 2. The van der Waals surface area contributed by atoms with Gasteiger partial charge in [-0.15, -0.1) is 0 Å². The Labute approximate surface area is 134 Å². The second-order valence-corrected chi connectivity index (χ2v) is 7.66. The molecule has 3 N–H and O–H groups in total. The summed E-state index contributed by atoms with van der Waals surface area (Å²) in [6.45, 7) is 1.93. The van der Waals surface area contributed by atoms with Crippen molar-refractivity contribution >= 4 is 53.3 Å². The molecule has 0 aliphatic rings. The molecular weight excluding hydrogens is 408 g/mol. The largest absolute Gasteiger partial charge is 0.398 e. The number of benzene rings is 2. The van der Waals surface area contributed by atoms with Gasteiger partial charge in [-0.05, 0) is 74.7 Å². The van der Waals surface area contributed by atoms with E-state index in [0.29, 0.717) is 20.3 Å². The van der Waals surface area contributed by atoms with Crippen LogP contribution in [0.15, 0.2) is 50.2 Å². The van der Waals surface area contributed by atoms with Gasteiger partial charge in [0.15, 0.2) is 0 Å². The van der Waals surface area contributed by atoms with Crippen LogP contribution in [-0.2, 0) is 10.0 Å². The van der Waals surface area contributed by atoms with Crippen molar-refractivity contribution in [2.75, 3.05) is 10.5 Å². The van der Waals surface area contributed by atoms with Crippen molar-refractivity contribution in [2.24, 2.45) is 0 Å². The zero-order chi connectivity index (χ0) is 14.9. The Balaban J connectivity index is 2.38. The third-order valence-corrected chi connectivity index (χ3v) is 5.39. The van der Waals surface area contributed by atoms with E-state index in [1.807, 2.05) is 19.1 Å². The smallest absolute Gasteiger partial charge is 0.262 e. The Hall–Kier alpha value is -1.05. The standard InChI is InChI=1S/C13H12Br2N2O2S/c1-8-2-5-13(11(15)6-8)17-20(18,19)9-3-4-10(14)12(16)7-9/h2-7,17H,16H2,1H3. The van der Waals surface area contributed by atoms with Crippen LogP contribution < -0.4 is 10.5 Å². The number of anilines is 2. The first-order valence-electron chi connectivity index (χ1n) is 5.63. The van der Waals surface area contributed by atoms with Crippen molar-refractivity contribution in [3.8, 4) is 0 Å². The predicted molar refractivity (Wildman–Crippen MR) is 88.2 cm³/mol. The summed E-state index contributed by atoms with van der Waals surface area (Å²) >= 11 is 6.57. The lowest BCUT2D eigenvalue weighted by Crippen LogP contribution is -2.13. The lowest BCUT2D eigenvalue weighted by molar-refractivity contribution is 0.601. The van der Waals surface area contributed by atoms with E-state index in [4.69, 9.17) is 5.73 Å². The third kappa shape index (κ3) is 3.34. The molecule has 7 heteroatoms. The molecule has 0 heterocycles. The van der Waals surface area contributed by atoms with Crippen molar-refractivity contribution in [1.29, 1.82) is 0 Å². The first kappa shape index (κ1) is 15.3. The highest BCUT2D eigenvalue weighted by Crippen LogP contribution is 2.28. The predicted octanol–water partition coefficient (Wildman–Crippen LogP) is 3.90. The Bertz CT molecular complexity index is 761. The fourth-order valence-corrected chi connectivity index (χ4v) is 3.68. The summed E-state index contributed by atoms with van der Waals surface area (Å²) in [5.74, 6) is 0. The monoisotopic (exact) mass is 418 g/mol. The molecule has 0 aliphatic carbocycles. The fourth-order valence-electron chi connectivity index (χ4n) is 1.60. The zero-order valence-electron chi connectivity index (χ0n) is 10.5. The molecule has 2 aromatic rings. The van der Waals surface area contributed by atoms with Crippen LogP contribution in [0.25, 0.3) is 0 Å². The zero-order valence-corrected chi connectivity index (χ0v) is 14.5. The first-order chi connectivity index (χ1) is 9.29. The van der Waals surface area contributed by atoms with Crippen LogP contribution in [0.3, 0.4) is 0 Å². The topological polar surface area (TPSA) is 72.2 Å². The maximum absolute atomic E-state index is 12.3. The summed E-state index contributed by atoms with van der Waals surface area (Å²) in [4.78, 5) is 0.116. The van der Waals surface area contributed by atoms with E-state index in [2.05, 4.69) is 36.6 Å². The second kappa shape index (κ2) is 5.75. The molecule has 4 nitrogen and oxygen atoms in total. The number of nitrogens with one attached hydrogen (secondary N) is 1. The molecule has 0 saturated carbocycles. The van der Waals surface area contributed by atoms with Crippen molar-refractivity contribution in [3.05, 3.63) is 50.9 Å². The Morgan fingerprint density at radius 2 is 1.75 bits per heavy atom. The summed E-state index contributed by atoms with van der Waals surface area (Å²) < 4.78 is 28.5. The molecular formula is C13H12Br2N2O2S. The maximum Gasteiger partial charge on any atom is 0.262 e. The van der Waals surface area contributed by atoms with E-state index >= 15 is 0 Å². The second-order valence-electron chi connectivity index (χ2n) is 4.27. The lowest BCUT2D eigenvalue weighted by Gasteiger charge is -2.11. The summed E-state index contributed by atoms with van der Waals surface area (Å²) in [7, 11) is -3.67. The van der Waals surface area contributed by atoms with Gasteiger partial charge in [-0.1, -0.05) is 6.07 Å². The molecule has 0 amide bonds. The van der Waals surface area contributed by atoms with Crippen LogP contribution in [-0.4, -0.2) is 8.42 Å². The normalized spacial score (nSPS) is 11.3. The van der Waals surface area contributed by atoms with Gasteiger partial charge in [-0.2, -0.15) is 0 Å². The van der Waals surface area contributed by atoms with Crippen LogP contribution in [0, 0.1) is 6.92 Å². The Morgan fingerprint density at radius 3 is 2.35 bits per heavy atom. The van der Waals surface area contributed by atoms with Gasteiger partial charge in [0.2, 0.25) is 0 Å². The average Bonchev–Trinajstić information content (AvgIpc) is 2.36. The molecule has 0 aliphatic heterocycles. The Kier molecular flexibility index (Phi) is 4.41. The van der Waals surface area contributed by atoms with Gasteiger partial charge in [-0.25, -0.2) is 8.42 Å². The number of aryl methyl sites for hydroxylation is 1. The molecule has 0 spiro atoms. The van der Waals surface area contributed by atoms with E-state index < -0.39 is 10.0 Å². The molecule has 106 valence electrons. The van der Waals surface area contributed by atoms with Crippen LogP contribution in [0.4, 0.5) is 11.4 Å². The molecule has 0 radical (unpaired) electrons. The Morgan fingerprint density at radius 1 is 1.05 bits per heavy atom. The lowest BCUT2D eigenvalue weighted by atomic mass is 10.2. The number of sulfonamides is 1. The van der Waals surface area contributed by atoms with Crippen molar-refractivity contribution < 1.29 is 8.42 Å². The molecule has 0 fully saturated rings. The highest BCUT2D eigenvalue weighted by Gasteiger charge is 2.16. The van der Waals surface area contributed by atoms with Crippen LogP contribution >= 0.6 is 31.9 Å². The summed E-state index contributed by atoms with van der Waals surface area (Å²) in [5.41, 5.74) is 7.60. The molecule has 2 rings (SSSR count). The van der Waals surface area contributed by atoms with E-state index in [9.17, 15) is 8.42 Å². The molecule has 0 saturated heterocycles. The molecule has 20 heavy (non-hydrogen) atoms. The van der Waals surface area contributed by atoms with Gasteiger partial charge in [0.05, 0.1) is 10.6 Å². The highest BCUT2D eigenvalue weighted by molar-refractivity contribution is 9.11. The molecule has 2 aromatic carbocycles. The van der Waals surface area contributed by atoms with Gasteiger partial charge in [-0.3, -0.25) is 4.72 Å². The minimum absolute atomic E-state index is 0.116. The van der Waals surface area contributed by atoms with Crippen molar-refractivity contribution in [1.82, 2.24) is 0 Å². The van der Waals surface area contributed by atoms with E-state index in [-0.39, 0.29) is 4.90 Å². The molecule has 0 atom stereocenters. The minimum atomic E-state index is -3.67. The van der Waals surface area contributed by atoms with E-state index in [1.54, 1.807) is 12.1 Å². The number of rotatable bonds is 3. The van der Waals surface area contributed by atoms with Crippen LogP contribution in [0.2, 0.25) is 0 Å². The van der Waals surface area contributed by atoms with Gasteiger partial charge in [0.1, 0.15) is 0 Å². The average molecular weight is 420 g/mol. The molecule has 0 aromatic heterocycles. The van der Waals surface area contributed by atoms with Crippen molar-refractivity contribution in [3.63, 3.8) is 0 Å². The van der Waals surface area contributed by atoms with E-state index in [0.717, 1.165) is 5.56 Å². The van der Waals surface area contributed by atoms with Crippen LogP contribution in [0.5, 0.6) is 0 Å². The summed E-state index contributed by atoms with van der Waals surface area (Å²) in [6.07, 6.45) is 0. The first-order valence-corrected chi connectivity index (χ1v) is 8.70. The SMILES string of the molecule is Cc1ccc(NS(=O)(=O)c2ccc(Br)c(N)c2)c(Br)c1. The number of nitrogens with two attached hydrogens (primary N) is 1. The van der Waals surface area contributed by atoms with Gasteiger partial charge in [0.25, 0.3) is 10.0 Å². The highest BCUT2D eigenvalue weighted by atomic mass is 79.9. The van der Waals surface area contributed by atoms with Gasteiger partial charge >= 0.3 is 0 Å². The van der Waals surface area contributed by atoms with Crippen LogP contribution in [0.1, 0.15) is 5.56 Å². The summed E-state index contributed by atoms with van der Waals surface area (Å²) in [6, 6.07) is 9.89. The maximum atomic E-state index is 12.3. The molecule has 0 bridgehead atoms. The number of hydrogen-bond donors (Lipinski definition) is 2. The van der Waals surface area contributed by atoms with Gasteiger partial charge < -0.3 is 5.73 Å².